The molecule has 0 saturated carbocycles. The fourth-order valence-corrected chi connectivity index (χ4v) is 5.32. The van der Waals surface area contributed by atoms with Crippen molar-refractivity contribution in [1.82, 2.24) is 14.9 Å². The number of halogens is 3. The topological polar surface area (TPSA) is 87.1 Å². The molecule has 4 heterocycles. The van der Waals surface area contributed by atoms with E-state index in [0.29, 0.717) is 61.9 Å². The Morgan fingerprint density at radius 3 is 2.38 bits per heavy atom. The molecule has 0 radical (unpaired) electrons. The first-order valence-corrected chi connectivity index (χ1v) is 14.0. The van der Waals surface area contributed by atoms with E-state index in [-0.39, 0.29) is 24.8 Å². The quantitative estimate of drug-likeness (QED) is 0.276. The lowest BCUT2D eigenvalue weighted by molar-refractivity contribution is -0.141. The van der Waals surface area contributed by atoms with Crippen LogP contribution in [0.3, 0.4) is 0 Å². The van der Waals surface area contributed by atoms with Crippen LogP contribution in [0.5, 0.6) is 0 Å². The SMILES string of the molecule is [C-]#[N+]c1ccccc1CC(=O)N1CCCN(c2ccc(CC(=O)c3oc(N4CCCCC4)nc3C(F)(F)F)cn2)CC1. The molecule has 12 heteroatoms. The number of amides is 1. The Hall–Kier alpha value is -4.40. The number of carbonyl (C=O) groups excluding carboxylic acids is 2. The van der Waals surface area contributed by atoms with Crippen LogP contribution in [-0.2, 0) is 23.8 Å². The second-order valence-electron chi connectivity index (χ2n) is 10.5. The molecule has 0 unspecified atom stereocenters. The number of hydrogen-bond donors (Lipinski definition) is 0. The lowest BCUT2D eigenvalue weighted by Gasteiger charge is -2.24. The molecule has 0 N–H and O–H groups in total. The van der Waals surface area contributed by atoms with Gasteiger partial charge in [-0.15, -0.1) is 0 Å². The number of piperidine rings is 1. The first-order valence-electron chi connectivity index (χ1n) is 14.0. The van der Waals surface area contributed by atoms with E-state index in [2.05, 4.69) is 14.8 Å². The summed E-state index contributed by atoms with van der Waals surface area (Å²) in [6, 6.07) is 10.3. The molecular weight excluding hydrogens is 549 g/mol. The Morgan fingerprint density at radius 2 is 1.67 bits per heavy atom. The molecule has 2 saturated heterocycles. The molecule has 220 valence electrons. The first-order chi connectivity index (χ1) is 20.2. The lowest BCUT2D eigenvalue weighted by atomic mass is 10.1. The summed E-state index contributed by atoms with van der Waals surface area (Å²) in [6.07, 6.45) is -0.0963. The second-order valence-corrected chi connectivity index (χ2v) is 10.5. The molecule has 0 spiro atoms. The Morgan fingerprint density at radius 1 is 0.905 bits per heavy atom. The number of alkyl halides is 3. The van der Waals surface area contributed by atoms with Gasteiger partial charge in [0.05, 0.1) is 6.57 Å². The minimum absolute atomic E-state index is 0.0381. The van der Waals surface area contributed by atoms with E-state index in [1.807, 2.05) is 11.0 Å². The van der Waals surface area contributed by atoms with Crippen molar-refractivity contribution < 1.29 is 27.2 Å². The standard InChI is InChI=1S/C30H31F3N6O3/c1-34-23-9-4-3-8-22(23)19-26(41)38-15-7-14-37(16-17-38)25-11-10-21(20-35-25)18-24(40)27-28(30(31,32)33)36-29(42-27)39-12-5-2-6-13-39/h3-4,8-11,20H,2,5-7,12-19H2. The maximum atomic E-state index is 13.7. The van der Waals surface area contributed by atoms with E-state index in [1.54, 1.807) is 40.1 Å². The first kappa shape index (κ1) is 29.1. The Kier molecular flexibility index (Phi) is 8.75. The Balaban J connectivity index is 1.21. The fraction of sp³-hybridized carbons (Fsp3) is 0.433. The van der Waals surface area contributed by atoms with Crippen LogP contribution in [0.1, 0.15) is 53.1 Å². The van der Waals surface area contributed by atoms with Crippen molar-refractivity contribution >= 4 is 29.2 Å². The molecule has 2 aliphatic rings. The van der Waals surface area contributed by atoms with Gasteiger partial charge in [-0.05, 0) is 42.9 Å². The zero-order valence-electron chi connectivity index (χ0n) is 23.1. The summed E-state index contributed by atoms with van der Waals surface area (Å²) < 4.78 is 46.5. The fourth-order valence-electron chi connectivity index (χ4n) is 5.32. The number of anilines is 2. The second kappa shape index (κ2) is 12.6. The van der Waals surface area contributed by atoms with Crippen molar-refractivity contribution in [2.45, 2.75) is 44.7 Å². The van der Waals surface area contributed by atoms with Crippen LogP contribution in [0.4, 0.5) is 30.7 Å². The predicted molar refractivity (Wildman–Crippen MR) is 150 cm³/mol. The van der Waals surface area contributed by atoms with Gasteiger partial charge in [0.15, 0.2) is 11.4 Å². The highest BCUT2D eigenvalue weighted by atomic mass is 19.4. The van der Waals surface area contributed by atoms with Crippen LogP contribution in [0.2, 0.25) is 0 Å². The van der Waals surface area contributed by atoms with Crippen LogP contribution < -0.4 is 9.80 Å². The van der Waals surface area contributed by atoms with Gasteiger partial charge in [0, 0.05) is 58.3 Å². The molecule has 5 rings (SSSR count). The van der Waals surface area contributed by atoms with Crippen molar-refractivity contribution in [2.24, 2.45) is 0 Å². The average molecular weight is 581 g/mol. The molecule has 0 atom stereocenters. The molecule has 1 aromatic carbocycles. The van der Waals surface area contributed by atoms with Gasteiger partial charge >= 0.3 is 6.18 Å². The molecule has 2 fully saturated rings. The monoisotopic (exact) mass is 580 g/mol. The molecule has 2 aliphatic heterocycles. The van der Waals surface area contributed by atoms with E-state index in [4.69, 9.17) is 11.0 Å². The number of nitrogens with zero attached hydrogens (tertiary/aromatic N) is 6. The van der Waals surface area contributed by atoms with Gasteiger partial charge < -0.3 is 19.1 Å². The van der Waals surface area contributed by atoms with Gasteiger partial charge in [-0.3, -0.25) is 9.59 Å². The van der Waals surface area contributed by atoms with E-state index in [1.165, 1.54) is 6.20 Å². The molecule has 9 nitrogen and oxygen atoms in total. The smallest absolute Gasteiger partial charge is 0.420 e. The summed E-state index contributed by atoms with van der Waals surface area (Å²) in [7, 11) is 0. The highest BCUT2D eigenvalue weighted by molar-refractivity contribution is 5.96. The number of para-hydroxylation sites is 1. The number of Topliss-reactive ketones (excluding diaryl/α,β-unsaturated/α-hetero) is 1. The molecule has 42 heavy (non-hydrogen) atoms. The molecule has 1 amide bonds. The van der Waals surface area contributed by atoms with Crippen LogP contribution in [-0.4, -0.2) is 65.8 Å². The normalized spacial score (nSPS) is 16.2. The number of ketones is 1. The summed E-state index contributed by atoms with van der Waals surface area (Å²) in [6.45, 7) is 10.7. The minimum atomic E-state index is -4.81. The largest absolute Gasteiger partial charge is 0.437 e. The molecule has 0 bridgehead atoms. The van der Waals surface area contributed by atoms with Gasteiger partial charge in [0.2, 0.25) is 17.5 Å². The number of carbonyl (C=O) groups is 2. The van der Waals surface area contributed by atoms with E-state index in [0.717, 1.165) is 25.7 Å². The van der Waals surface area contributed by atoms with Crippen LogP contribution in [0.15, 0.2) is 47.0 Å². The maximum absolute atomic E-state index is 13.7. The predicted octanol–water partition coefficient (Wildman–Crippen LogP) is 5.34. The van der Waals surface area contributed by atoms with Crippen molar-refractivity contribution in [3.8, 4) is 0 Å². The third-order valence-electron chi connectivity index (χ3n) is 7.56. The van der Waals surface area contributed by atoms with Gasteiger partial charge in [-0.1, -0.05) is 30.3 Å². The van der Waals surface area contributed by atoms with E-state index < -0.39 is 23.4 Å². The van der Waals surface area contributed by atoms with Crippen LogP contribution >= 0.6 is 0 Å². The number of aromatic nitrogens is 2. The van der Waals surface area contributed by atoms with Crippen LogP contribution in [0, 0.1) is 6.57 Å². The van der Waals surface area contributed by atoms with Gasteiger partial charge in [0.1, 0.15) is 5.82 Å². The van der Waals surface area contributed by atoms with Gasteiger partial charge in [-0.2, -0.15) is 18.2 Å². The average Bonchev–Trinajstić information content (AvgIpc) is 3.32. The maximum Gasteiger partial charge on any atom is 0.437 e. The number of rotatable bonds is 7. The summed E-state index contributed by atoms with van der Waals surface area (Å²) in [5.74, 6) is -0.967. The van der Waals surface area contributed by atoms with E-state index >= 15 is 0 Å². The third kappa shape index (κ3) is 6.73. The van der Waals surface area contributed by atoms with Gasteiger partial charge in [0.25, 0.3) is 6.01 Å². The van der Waals surface area contributed by atoms with Crippen molar-refractivity contribution in [2.75, 3.05) is 49.1 Å². The van der Waals surface area contributed by atoms with E-state index in [9.17, 15) is 22.8 Å². The molecular formula is C30H31F3N6O3. The summed E-state index contributed by atoms with van der Waals surface area (Å²) in [4.78, 5) is 43.0. The number of benzene rings is 1. The Labute approximate surface area is 241 Å². The zero-order valence-corrected chi connectivity index (χ0v) is 23.1. The summed E-state index contributed by atoms with van der Waals surface area (Å²) in [5.41, 5.74) is 0.350. The number of pyridine rings is 1. The molecule has 3 aromatic rings. The summed E-state index contributed by atoms with van der Waals surface area (Å²) in [5, 5.41) is 0. The van der Waals surface area contributed by atoms with Crippen molar-refractivity contribution in [3.63, 3.8) is 0 Å². The Bertz CT molecular complexity index is 1460. The third-order valence-corrected chi connectivity index (χ3v) is 7.56. The highest BCUT2D eigenvalue weighted by Gasteiger charge is 2.41. The number of hydrogen-bond acceptors (Lipinski definition) is 7. The zero-order chi connectivity index (χ0) is 29.7. The van der Waals surface area contributed by atoms with Gasteiger partial charge in [-0.25, -0.2) is 9.83 Å². The molecule has 2 aromatic heterocycles. The number of oxazole rings is 1. The lowest BCUT2D eigenvalue weighted by Crippen LogP contribution is -2.36. The van der Waals surface area contributed by atoms with Crippen LogP contribution in [0.25, 0.3) is 4.85 Å². The molecule has 0 aliphatic carbocycles. The summed E-state index contributed by atoms with van der Waals surface area (Å²) >= 11 is 0. The minimum Gasteiger partial charge on any atom is -0.420 e. The van der Waals surface area contributed by atoms with Crippen molar-refractivity contribution in [3.05, 3.63) is 76.6 Å². The highest BCUT2D eigenvalue weighted by Crippen LogP contribution is 2.35. The van der Waals surface area contributed by atoms with Crippen molar-refractivity contribution in [1.29, 1.82) is 0 Å².